The summed E-state index contributed by atoms with van der Waals surface area (Å²) in [5, 5.41) is 19.3. The summed E-state index contributed by atoms with van der Waals surface area (Å²) in [7, 11) is -2.81. The number of aliphatic carboxylic acids is 1. The van der Waals surface area contributed by atoms with Gasteiger partial charge in [0.1, 0.15) is 0 Å². The van der Waals surface area contributed by atoms with E-state index in [0.29, 0.717) is 0 Å². The van der Waals surface area contributed by atoms with Crippen LogP contribution in [0.4, 0.5) is 5.69 Å². The van der Waals surface area contributed by atoms with Crippen molar-refractivity contribution >= 4 is 21.7 Å². The van der Waals surface area contributed by atoms with Crippen molar-refractivity contribution in [2.75, 3.05) is 12.8 Å². The molecule has 0 fully saturated rings. The fourth-order valence-corrected chi connectivity index (χ4v) is 2.30. The first kappa shape index (κ1) is 15.1. The van der Waals surface area contributed by atoms with Gasteiger partial charge in [-0.2, -0.15) is 4.31 Å². The number of hydrogen-bond acceptors (Lipinski definition) is 5. The van der Waals surface area contributed by atoms with Crippen molar-refractivity contribution in [3.8, 4) is 0 Å². The Morgan fingerprint density at radius 2 is 2.00 bits per heavy atom. The molecule has 1 N–H and O–H groups in total. The van der Waals surface area contributed by atoms with Crippen LogP contribution in [-0.4, -0.2) is 41.5 Å². The fraction of sp³-hybridized carbons (Fsp3) is 0.300. The minimum absolute atomic E-state index is 0.198. The van der Waals surface area contributed by atoms with E-state index in [4.69, 9.17) is 5.11 Å². The van der Waals surface area contributed by atoms with Crippen molar-refractivity contribution in [1.29, 1.82) is 0 Å². The highest BCUT2D eigenvalue weighted by atomic mass is 32.2. The highest BCUT2D eigenvalue weighted by molar-refractivity contribution is 7.89. The number of hydrogen-bond donors (Lipinski definition) is 1. The fourth-order valence-electron chi connectivity index (χ4n) is 1.43. The molecule has 0 saturated heterocycles. The lowest BCUT2D eigenvalue weighted by atomic mass is 10.2. The van der Waals surface area contributed by atoms with Crippen molar-refractivity contribution in [2.45, 2.75) is 6.54 Å². The molecular formula is C10H12N2O6S. The standard InChI is InChI=1S/C10H12N2O6S/c1-11(19(17,18)7-10(13)14)6-8-4-2-3-5-9(8)12(15)16/h2-5H,6-7H2,1H3,(H,13,14). The number of nitro groups is 1. The maximum Gasteiger partial charge on any atom is 0.320 e. The molecule has 0 aromatic heterocycles. The summed E-state index contributed by atoms with van der Waals surface area (Å²) < 4.78 is 24.0. The van der Waals surface area contributed by atoms with Gasteiger partial charge in [-0.1, -0.05) is 18.2 Å². The Balaban J connectivity index is 2.97. The first-order valence-corrected chi connectivity index (χ1v) is 6.73. The summed E-state index contributed by atoms with van der Waals surface area (Å²) in [6.07, 6.45) is 0. The molecule has 8 nitrogen and oxygen atoms in total. The Labute approximate surface area is 109 Å². The summed E-state index contributed by atoms with van der Waals surface area (Å²) >= 11 is 0. The van der Waals surface area contributed by atoms with Gasteiger partial charge in [-0.25, -0.2) is 8.42 Å². The van der Waals surface area contributed by atoms with E-state index in [0.717, 1.165) is 4.31 Å². The molecule has 0 radical (unpaired) electrons. The highest BCUT2D eigenvalue weighted by Crippen LogP contribution is 2.20. The zero-order valence-corrected chi connectivity index (χ0v) is 10.8. The number of sulfonamides is 1. The average Bonchev–Trinajstić information content (AvgIpc) is 2.27. The number of carbonyl (C=O) groups is 1. The second kappa shape index (κ2) is 5.76. The maximum atomic E-state index is 11.6. The van der Waals surface area contributed by atoms with E-state index in [9.17, 15) is 23.3 Å². The second-order valence-electron chi connectivity index (χ2n) is 3.79. The molecule has 9 heteroatoms. The van der Waals surface area contributed by atoms with Crippen LogP contribution in [-0.2, 0) is 21.4 Å². The van der Waals surface area contributed by atoms with Gasteiger partial charge < -0.3 is 5.11 Å². The van der Waals surface area contributed by atoms with Gasteiger partial charge in [0.15, 0.2) is 5.75 Å². The number of rotatable bonds is 6. The van der Waals surface area contributed by atoms with E-state index in [1.54, 1.807) is 6.07 Å². The summed E-state index contributed by atoms with van der Waals surface area (Å²) in [5.41, 5.74) is -0.0103. The predicted molar refractivity (Wildman–Crippen MR) is 66.0 cm³/mol. The molecule has 1 aromatic rings. The monoisotopic (exact) mass is 288 g/mol. The van der Waals surface area contributed by atoms with Crippen molar-refractivity contribution in [3.63, 3.8) is 0 Å². The molecular weight excluding hydrogens is 276 g/mol. The summed E-state index contributed by atoms with van der Waals surface area (Å²) in [6, 6.07) is 5.69. The third-order valence-electron chi connectivity index (χ3n) is 2.36. The smallest absolute Gasteiger partial charge is 0.320 e. The van der Waals surface area contributed by atoms with Crippen molar-refractivity contribution in [1.82, 2.24) is 4.31 Å². The minimum atomic E-state index is -3.99. The lowest BCUT2D eigenvalue weighted by molar-refractivity contribution is -0.385. The molecule has 0 aliphatic heterocycles. The van der Waals surface area contributed by atoms with E-state index in [1.165, 1.54) is 25.2 Å². The minimum Gasteiger partial charge on any atom is -0.480 e. The molecule has 0 amide bonds. The first-order valence-electron chi connectivity index (χ1n) is 5.12. The molecule has 0 aliphatic carbocycles. The van der Waals surface area contributed by atoms with Gasteiger partial charge in [0.05, 0.1) is 4.92 Å². The normalized spacial score (nSPS) is 11.5. The molecule has 0 spiro atoms. The molecule has 1 rings (SSSR count). The number of carboxylic acids is 1. The molecule has 0 saturated carbocycles. The van der Waals surface area contributed by atoms with Crippen LogP contribution >= 0.6 is 0 Å². The molecule has 104 valence electrons. The molecule has 0 heterocycles. The van der Waals surface area contributed by atoms with E-state index >= 15 is 0 Å². The van der Waals surface area contributed by atoms with Crippen molar-refractivity contribution in [3.05, 3.63) is 39.9 Å². The van der Waals surface area contributed by atoms with E-state index < -0.39 is 26.7 Å². The van der Waals surface area contributed by atoms with Crippen molar-refractivity contribution in [2.24, 2.45) is 0 Å². The molecule has 19 heavy (non-hydrogen) atoms. The topological polar surface area (TPSA) is 118 Å². The Bertz CT molecular complexity index is 598. The zero-order valence-electron chi connectivity index (χ0n) is 10.0. The molecule has 0 atom stereocenters. The number of carboxylic acid groups (broad SMARTS) is 1. The van der Waals surface area contributed by atoms with Crippen LogP contribution in [0.1, 0.15) is 5.56 Å². The van der Waals surface area contributed by atoms with Crippen LogP contribution < -0.4 is 0 Å². The van der Waals surface area contributed by atoms with Crippen molar-refractivity contribution < 1.29 is 23.2 Å². The van der Waals surface area contributed by atoms with Crippen LogP contribution in [0.15, 0.2) is 24.3 Å². The Kier molecular flexibility index (Phi) is 4.57. The lowest BCUT2D eigenvalue weighted by Gasteiger charge is -2.15. The van der Waals surface area contributed by atoms with Gasteiger partial charge in [0.25, 0.3) is 5.69 Å². The van der Waals surface area contributed by atoms with Crippen LogP contribution in [0.25, 0.3) is 0 Å². The molecule has 0 unspecified atom stereocenters. The largest absolute Gasteiger partial charge is 0.480 e. The molecule has 0 bridgehead atoms. The van der Waals surface area contributed by atoms with E-state index in [1.807, 2.05) is 0 Å². The van der Waals surface area contributed by atoms with Crippen LogP contribution in [0.2, 0.25) is 0 Å². The molecule has 0 aliphatic rings. The third-order valence-corrected chi connectivity index (χ3v) is 4.05. The average molecular weight is 288 g/mol. The number of benzene rings is 1. The number of nitro benzene ring substituents is 1. The molecule has 1 aromatic carbocycles. The Hall–Kier alpha value is -2.00. The first-order chi connectivity index (χ1) is 8.74. The maximum absolute atomic E-state index is 11.6. The Morgan fingerprint density at radius 1 is 1.42 bits per heavy atom. The van der Waals surface area contributed by atoms with Gasteiger partial charge in [-0.05, 0) is 0 Å². The number of para-hydroxylation sites is 1. The summed E-state index contributed by atoms with van der Waals surface area (Å²) in [4.78, 5) is 20.6. The summed E-state index contributed by atoms with van der Waals surface area (Å²) in [5.74, 6) is -2.53. The van der Waals surface area contributed by atoms with Gasteiger partial charge in [-0.15, -0.1) is 0 Å². The third kappa shape index (κ3) is 4.00. The number of nitrogens with zero attached hydrogens (tertiary/aromatic N) is 2. The second-order valence-corrected chi connectivity index (χ2v) is 5.87. The van der Waals surface area contributed by atoms with Crippen LogP contribution in [0.5, 0.6) is 0 Å². The van der Waals surface area contributed by atoms with Gasteiger partial charge in [-0.3, -0.25) is 14.9 Å². The van der Waals surface area contributed by atoms with Gasteiger partial charge >= 0.3 is 5.97 Å². The van der Waals surface area contributed by atoms with E-state index in [-0.39, 0.29) is 17.8 Å². The predicted octanol–water partition coefficient (Wildman–Crippen LogP) is 0.441. The quantitative estimate of drug-likeness (QED) is 0.599. The zero-order chi connectivity index (χ0) is 14.6. The highest BCUT2D eigenvalue weighted by Gasteiger charge is 2.24. The summed E-state index contributed by atoms with van der Waals surface area (Å²) in [6.45, 7) is -0.257. The SMILES string of the molecule is CN(Cc1ccccc1[N+](=O)[O-])S(=O)(=O)CC(=O)O. The van der Waals surface area contributed by atoms with Gasteiger partial charge in [0.2, 0.25) is 10.0 Å². The van der Waals surface area contributed by atoms with Crippen LogP contribution in [0.3, 0.4) is 0 Å². The van der Waals surface area contributed by atoms with Crippen LogP contribution in [0, 0.1) is 10.1 Å². The Morgan fingerprint density at radius 3 is 2.53 bits per heavy atom. The van der Waals surface area contributed by atoms with Gasteiger partial charge in [0, 0.05) is 25.2 Å². The van der Waals surface area contributed by atoms with E-state index in [2.05, 4.69) is 0 Å². The lowest BCUT2D eigenvalue weighted by Crippen LogP contribution is -2.32.